The summed E-state index contributed by atoms with van der Waals surface area (Å²) in [6.45, 7) is 20.9. The summed E-state index contributed by atoms with van der Waals surface area (Å²) in [5, 5.41) is 12.1. The van der Waals surface area contributed by atoms with Crippen molar-refractivity contribution < 1.29 is 0 Å². The first-order valence-electron chi connectivity index (χ1n) is 21.1. The summed E-state index contributed by atoms with van der Waals surface area (Å²) in [7, 11) is 0.859. The molecule has 3 aromatic heterocycles. The maximum Gasteiger partial charge on any atom is 0.198 e. The second-order valence-electron chi connectivity index (χ2n) is 19.9. The second kappa shape index (κ2) is 12.6. The van der Waals surface area contributed by atoms with E-state index in [1.54, 1.807) is 0 Å². The first-order chi connectivity index (χ1) is 28.1. The van der Waals surface area contributed by atoms with Gasteiger partial charge in [-0.05, 0) is 105 Å². The number of hydrogen-bond donors (Lipinski definition) is 1. The molecule has 0 aliphatic carbocycles. The molecule has 11 rings (SSSR count). The number of anilines is 2. The Morgan fingerprint density at radius 2 is 1.15 bits per heavy atom. The predicted octanol–water partition coefficient (Wildman–Crippen LogP) is 14.5. The van der Waals surface area contributed by atoms with Crippen molar-refractivity contribution in [3.8, 4) is 16.8 Å². The fourth-order valence-corrected chi connectivity index (χ4v) is 12.1. The third-order valence-electron chi connectivity index (χ3n) is 12.9. The predicted molar refractivity (Wildman–Crippen MR) is 264 cm³/mol. The lowest BCUT2D eigenvalue weighted by atomic mass is 9.58. The smallest absolute Gasteiger partial charge is 0.198 e. The molecule has 1 N–H and O–H groups in total. The van der Waals surface area contributed by atoms with Crippen LogP contribution in [0.4, 0.5) is 11.4 Å². The van der Waals surface area contributed by atoms with Gasteiger partial charge in [0.25, 0.3) is 0 Å². The molecule has 2 nitrogen and oxygen atoms in total. The lowest BCUT2D eigenvalue weighted by Crippen LogP contribution is -2.37. The van der Waals surface area contributed by atoms with Crippen molar-refractivity contribution in [3.63, 3.8) is 0 Å². The topological polar surface area (TPSA) is 17.0 Å². The van der Waals surface area contributed by atoms with Crippen LogP contribution in [0.1, 0.15) is 79.0 Å². The third-order valence-corrected chi connectivity index (χ3v) is 15.2. The summed E-state index contributed by atoms with van der Waals surface area (Å²) in [6.07, 6.45) is 0. The molecule has 59 heavy (non-hydrogen) atoms. The van der Waals surface area contributed by atoms with E-state index in [1.807, 2.05) is 22.7 Å². The molecule has 10 aromatic rings. The number of nitrogens with zero attached hydrogens (tertiary/aromatic N) is 1. The van der Waals surface area contributed by atoms with Crippen LogP contribution in [-0.2, 0) is 16.2 Å². The minimum atomic E-state index is -0.0279. The average Bonchev–Trinajstić information content (AvgIpc) is 3.86. The molecule has 0 spiro atoms. The van der Waals surface area contributed by atoms with E-state index in [0.717, 1.165) is 18.7 Å². The zero-order chi connectivity index (χ0) is 40.7. The lowest BCUT2D eigenvalue weighted by molar-refractivity contribution is 0.590. The Kier molecular flexibility index (Phi) is 7.83. The Morgan fingerprint density at radius 3 is 1.86 bits per heavy atom. The van der Waals surface area contributed by atoms with E-state index in [1.165, 1.54) is 107 Å². The highest BCUT2D eigenvalue weighted by molar-refractivity contribution is 7.27. The number of fused-ring (bicyclic) bond motifs is 12. The largest absolute Gasteiger partial charge is 0.355 e. The van der Waals surface area contributed by atoms with E-state index in [0.29, 0.717) is 0 Å². The molecular weight excluding hydrogens is 752 g/mol. The number of aromatic nitrogens is 1. The molecule has 0 bridgehead atoms. The zero-order valence-corrected chi connectivity index (χ0v) is 37.2. The number of nitrogens with one attached hydrogen (secondary N) is 1. The van der Waals surface area contributed by atoms with Crippen molar-refractivity contribution in [3.05, 3.63) is 138 Å². The van der Waals surface area contributed by atoms with Crippen LogP contribution in [0.3, 0.4) is 0 Å². The molecule has 0 saturated carbocycles. The van der Waals surface area contributed by atoms with Crippen LogP contribution in [0.5, 0.6) is 0 Å². The van der Waals surface area contributed by atoms with Crippen molar-refractivity contribution in [1.29, 1.82) is 0 Å². The molecule has 4 heterocycles. The molecule has 1 aliphatic rings. The van der Waals surface area contributed by atoms with Gasteiger partial charge in [0, 0.05) is 79.3 Å². The summed E-state index contributed by atoms with van der Waals surface area (Å²) in [6, 6.07) is 46.6. The number of rotatable bonds is 3. The second-order valence-corrected chi connectivity index (χ2v) is 22.0. The Balaban J connectivity index is 1.30. The molecule has 0 atom stereocenters. The number of hydrogen-bond acceptors (Lipinski definition) is 3. The summed E-state index contributed by atoms with van der Waals surface area (Å²) < 4.78 is 8.06. The number of benzene rings is 7. The molecule has 7 aromatic carbocycles. The van der Waals surface area contributed by atoms with Gasteiger partial charge in [-0.25, -0.2) is 0 Å². The Labute approximate surface area is 355 Å². The Hall–Kier alpha value is -5.36. The Bertz CT molecular complexity index is 3370. The van der Waals surface area contributed by atoms with Crippen LogP contribution in [0.15, 0.2) is 121 Å². The summed E-state index contributed by atoms with van der Waals surface area (Å²) >= 11 is 3.88. The first kappa shape index (κ1) is 36.7. The molecule has 0 amide bonds. The lowest BCUT2D eigenvalue weighted by Gasteiger charge is -2.26. The minimum Gasteiger partial charge on any atom is -0.355 e. The van der Waals surface area contributed by atoms with Gasteiger partial charge in [-0.2, -0.15) is 0 Å². The van der Waals surface area contributed by atoms with E-state index in [-0.39, 0.29) is 16.2 Å². The van der Waals surface area contributed by atoms with Crippen molar-refractivity contribution >= 4 is 114 Å². The van der Waals surface area contributed by atoms with Gasteiger partial charge in [0.05, 0.1) is 5.52 Å². The molecule has 290 valence electrons. The monoisotopic (exact) mass is 800 g/mol. The average molecular weight is 801 g/mol. The van der Waals surface area contributed by atoms with Gasteiger partial charge in [-0.15, -0.1) is 22.7 Å². The van der Waals surface area contributed by atoms with Crippen molar-refractivity contribution in [2.75, 3.05) is 5.32 Å². The van der Waals surface area contributed by atoms with Crippen LogP contribution in [0.25, 0.3) is 79.0 Å². The minimum absolute atomic E-state index is 0.0140. The first-order valence-corrected chi connectivity index (χ1v) is 22.7. The van der Waals surface area contributed by atoms with E-state index >= 15 is 0 Å². The molecule has 5 heteroatoms. The van der Waals surface area contributed by atoms with Crippen molar-refractivity contribution in [2.45, 2.75) is 78.6 Å². The molecule has 0 saturated heterocycles. The standard InChI is InChI=1S/C54H49BN2S2/c1-52(2,3)30-18-22-33(23-19-30)56-40-24-20-31(53(4,5)6)26-37(40)48-49-50-46(47-35-15-11-13-17-44(35)59-51(47)48)38-27-32(54(7,8)9)21-25-41(38)57(50)42-28-36-34-14-10-12-16-43(34)58-45(36)29-39(42)55-49/h10-29,55-56H,1-9H3. The highest BCUT2D eigenvalue weighted by atomic mass is 32.1. The van der Waals surface area contributed by atoms with Gasteiger partial charge < -0.3 is 9.88 Å². The molecule has 0 fully saturated rings. The van der Waals surface area contributed by atoms with E-state index in [4.69, 9.17) is 0 Å². The highest BCUT2D eigenvalue weighted by Gasteiger charge is 2.32. The van der Waals surface area contributed by atoms with Gasteiger partial charge in [0.2, 0.25) is 0 Å². The molecular formula is C54H49BN2S2. The normalized spacial score (nSPS) is 13.3. The SMILES string of the molecule is CC(C)(C)c1ccc(Nc2ccc(C(C)(C)C)cc2-c2c3c4c(c5cc(C(C)(C)C)ccc5n4-c4cc5c(cc4B3)sc3ccccc35)c3c2sc2ccccc23)cc1. The van der Waals surface area contributed by atoms with Crippen LogP contribution in [0.2, 0.25) is 0 Å². The molecule has 0 unspecified atom stereocenters. The van der Waals surface area contributed by atoms with Crippen LogP contribution < -0.4 is 16.2 Å². The summed E-state index contributed by atoms with van der Waals surface area (Å²) in [4.78, 5) is 0. The van der Waals surface area contributed by atoms with Crippen molar-refractivity contribution in [2.24, 2.45) is 0 Å². The maximum absolute atomic E-state index is 3.97. The van der Waals surface area contributed by atoms with Crippen molar-refractivity contribution in [1.82, 2.24) is 4.57 Å². The van der Waals surface area contributed by atoms with E-state index in [2.05, 4.69) is 194 Å². The molecule has 1 aliphatic heterocycles. The summed E-state index contributed by atoms with van der Waals surface area (Å²) in [5.74, 6) is 0. The van der Waals surface area contributed by atoms with Gasteiger partial charge in [0.1, 0.15) is 0 Å². The van der Waals surface area contributed by atoms with Crippen LogP contribution >= 0.6 is 22.7 Å². The van der Waals surface area contributed by atoms with Gasteiger partial charge in [-0.1, -0.05) is 128 Å². The fraction of sp³-hybridized carbons (Fsp3) is 0.222. The van der Waals surface area contributed by atoms with Gasteiger partial charge >= 0.3 is 0 Å². The Morgan fingerprint density at radius 1 is 0.525 bits per heavy atom. The van der Waals surface area contributed by atoms with E-state index < -0.39 is 0 Å². The third kappa shape index (κ3) is 5.65. The van der Waals surface area contributed by atoms with Gasteiger partial charge in [-0.3, -0.25) is 0 Å². The quantitative estimate of drug-likeness (QED) is 0.176. The fourth-order valence-electron chi connectivity index (χ4n) is 9.61. The maximum atomic E-state index is 3.97. The molecule has 0 radical (unpaired) electrons. The van der Waals surface area contributed by atoms with Crippen LogP contribution in [-0.4, -0.2) is 11.8 Å². The van der Waals surface area contributed by atoms with Gasteiger partial charge in [0.15, 0.2) is 7.28 Å². The highest BCUT2D eigenvalue weighted by Crippen LogP contribution is 2.50. The van der Waals surface area contributed by atoms with E-state index in [9.17, 15) is 0 Å². The number of thiophene rings is 2. The zero-order valence-electron chi connectivity index (χ0n) is 35.5. The summed E-state index contributed by atoms with van der Waals surface area (Å²) in [5.41, 5.74) is 15.7. The van der Waals surface area contributed by atoms with Crippen LogP contribution in [0, 0.1) is 0 Å².